The van der Waals surface area contributed by atoms with Gasteiger partial charge < -0.3 is 15.5 Å². The van der Waals surface area contributed by atoms with Crippen LogP contribution in [0.5, 0.6) is 0 Å². The SMILES string of the molecule is CN=C(NCC(C(C)C)N1CCN(C)CC1)NC(C)CCC(C)C.I. The predicted octanol–water partition coefficient (Wildman–Crippen LogP) is 2.87. The maximum Gasteiger partial charge on any atom is 0.191 e. The highest BCUT2D eigenvalue weighted by Gasteiger charge is 2.25. The molecule has 2 unspecified atom stereocenters. The Balaban J connectivity index is 0.00000576. The van der Waals surface area contributed by atoms with E-state index in [0.29, 0.717) is 18.0 Å². The molecule has 150 valence electrons. The summed E-state index contributed by atoms with van der Waals surface area (Å²) in [5.74, 6) is 2.33. The van der Waals surface area contributed by atoms with E-state index in [0.717, 1.165) is 31.5 Å². The van der Waals surface area contributed by atoms with Crippen LogP contribution >= 0.6 is 24.0 Å². The molecule has 1 heterocycles. The van der Waals surface area contributed by atoms with Gasteiger partial charge in [0.25, 0.3) is 0 Å². The first-order chi connectivity index (χ1) is 11.3. The molecule has 2 atom stereocenters. The molecule has 2 N–H and O–H groups in total. The van der Waals surface area contributed by atoms with Crippen molar-refractivity contribution in [2.24, 2.45) is 16.8 Å². The Bertz CT molecular complexity index is 365. The first-order valence-corrected chi connectivity index (χ1v) is 9.73. The first-order valence-electron chi connectivity index (χ1n) is 9.73. The number of rotatable bonds is 8. The molecule has 0 saturated carbocycles. The van der Waals surface area contributed by atoms with Gasteiger partial charge in [0, 0.05) is 51.9 Å². The third kappa shape index (κ3) is 9.99. The summed E-state index contributed by atoms with van der Waals surface area (Å²) in [4.78, 5) is 9.46. The van der Waals surface area contributed by atoms with E-state index < -0.39 is 0 Å². The summed E-state index contributed by atoms with van der Waals surface area (Å²) in [6, 6.07) is 1.02. The largest absolute Gasteiger partial charge is 0.355 e. The molecule has 1 aliphatic heterocycles. The van der Waals surface area contributed by atoms with Gasteiger partial charge in [0.15, 0.2) is 5.96 Å². The summed E-state index contributed by atoms with van der Waals surface area (Å²) in [6.45, 7) is 17.1. The zero-order chi connectivity index (χ0) is 18.1. The van der Waals surface area contributed by atoms with Gasteiger partial charge in [0.2, 0.25) is 0 Å². The molecule has 0 spiro atoms. The van der Waals surface area contributed by atoms with Crippen LogP contribution in [0.4, 0.5) is 0 Å². The molecule has 0 amide bonds. The summed E-state index contributed by atoms with van der Waals surface area (Å²) in [5.41, 5.74) is 0. The van der Waals surface area contributed by atoms with Crippen molar-refractivity contribution in [3.8, 4) is 0 Å². The fourth-order valence-electron chi connectivity index (χ4n) is 3.22. The number of aliphatic imine (C=N–C) groups is 1. The van der Waals surface area contributed by atoms with E-state index in [4.69, 9.17) is 0 Å². The molecule has 25 heavy (non-hydrogen) atoms. The number of hydrogen-bond donors (Lipinski definition) is 2. The highest BCUT2D eigenvalue weighted by atomic mass is 127. The van der Waals surface area contributed by atoms with Crippen molar-refractivity contribution >= 4 is 29.9 Å². The molecular formula is C19H42IN5. The van der Waals surface area contributed by atoms with Gasteiger partial charge in [-0.25, -0.2) is 0 Å². The number of piperazine rings is 1. The van der Waals surface area contributed by atoms with Gasteiger partial charge >= 0.3 is 0 Å². The van der Waals surface area contributed by atoms with E-state index in [1.54, 1.807) is 0 Å². The van der Waals surface area contributed by atoms with Crippen molar-refractivity contribution < 1.29 is 0 Å². The lowest BCUT2D eigenvalue weighted by Crippen LogP contribution is -2.55. The van der Waals surface area contributed by atoms with Crippen molar-refractivity contribution in [1.29, 1.82) is 0 Å². The number of guanidine groups is 1. The van der Waals surface area contributed by atoms with Crippen molar-refractivity contribution in [3.05, 3.63) is 0 Å². The second-order valence-electron chi connectivity index (χ2n) is 8.12. The molecule has 6 heteroatoms. The Morgan fingerprint density at radius 1 is 1.00 bits per heavy atom. The summed E-state index contributed by atoms with van der Waals surface area (Å²) in [6.07, 6.45) is 2.44. The van der Waals surface area contributed by atoms with E-state index in [1.807, 2.05) is 7.05 Å². The molecule has 0 aliphatic carbocycles. The van der Waals surface area contributed by atoms with Gasteiger partial charge in [-0.15, -0.1) is 24.0 Å². The minimum atomic E-state index is 0. The third-order valence-corrected chi connectivity index (χ3v) is 5.04. The van der Waals surface area contributed by atoms with Crippen LogP contribution in [0.2, 0.25) is 0 Å². The number of halogens is 1. The zero-order valence-corrected chi connectivity index (χ0v) is 19.8. The summed E-state index contributed by atoms with van der Waals surface area (Å²) >= 11 is 0. The maximum atomic E-state index is 4.41. The fourth-order valence-corrected chi connectivity index (χ4v) is 3.22. The lowest BCUT2D eigenvalue weighted by Gasteiger charge is -2.40. The Labute approximate surface area is 173 Å². The predicted molar refractivity (Wildman–Crippen MR) is 121 cm³/mol. The molecule has 1 aliphatic rings. The van der Waals surface area contributed by atoms with Gasteiger partial charge in [0.1, 0.15) is 0 Å². The first kappa shape index (κ1) is 24.9. The number of hydrogen-bond acceptors (Lipinski definition) is 3. The molecule has 0 radical (unpaired) electrons. The Morgan fingerprint density at radius 3 is 2.08 bits per heavy atom. The molecule has 0 bridgehead atoms. The van der Waals surface area contributed by atoms with Crippen LogP contribution in [-0.2, 0) is 0 Å². The number of nitrogens with one attached hydrogen (secondary N) is 2. The molecule has 1 saturated heterocycles. The van der Waals surface area contributed by atoms with Crippen molar-refractivity contribution in [3.63, 3.8) is 0 Å². The van der Waals surface area contributed by atoms with Gasteiger partial charge in [-0.1, -0.05) is 27.7 Å². The van der Waals surface area contributed by atoms with Gasteiger partial charge in [-0.2, -0.15) is 0 Å². The zero-order valence-electron chi connectivity index (χ0n) is 17.5. The summed E-state index contributed by atoms with van der Waals surface area (Å²) < 4.78 is 0. The highest BCUT2D eigenvalue weighted by Crippen LogP contribution is 2.13. The second kappa shape index (κ2) is 13.1. The van der Waals surface area contributed by atoms with Gasteiger partial charge in [-0.05, 0) is 38.6 Å². The maximum absolute atomic E-state index is 4.41. The summed E-state index contributed by atoms with van der Waals surface area (Å²) in [5, 5.41) is 7.10. The Kier molecular flexibility index (Phi) is 13.1. The van der Waals surface area contributed by atoms with Crippen LogP contribution < -0.4 is 10.6 Å². The lowest BCUT2D eigenvalue weighted by molar-refractivity contribution is 0.0899. The number of likely N-dealkylation sites (N-methyl/N-ethyl adjacent to an activating group) is 1. The summed E-state index contributed by atoms with van der Waals surface area (Å²) in [7, 11) is 4.08. The number of nitrogens with zero attached hydrogens (tertiary/aromatic N) is 3. The van der Waals surface area contributed by atoms with E-state index in [1.165, 1.54) is 25.9 Å². The van der Waals surface area contributed by atoms with Crippen LogP contribution in [0.25, 0.3) is 0 Å². The fraction of sp³-hybridized carbons (Fsp3) is 0.947. The highest BCUT2D eigenvalue weighted by molar-refractivity contribution is 14.0. The molecule has 1 rings (SSSR count). The normalized spacial score (nSPS) is 19.6. The van der Waals surface area contributed by atoms with E-state index >= 15 is 0 Å². The quantitative estimate of drug-likeness (QED) is 0.327. The smallest absolute Gasteiger partial charge is 0.191 e. The average molecular weight is 467 g/mol. The Hall–Kier alpha value is -0.0800. The van der Waals surface area contributed by atoms with Crippen molar-refractivity contribution in [1.82, 2.24) is 20.4 Å². The van der Waals surface area contributed by atoms with E-state index in [2.05, 4.69) is 67.1 Å². The standard InChI is InChI=1S/C19H41N5.HI/c1-15(2)8-9-17(5)22-19(20-6)21-14-18(16(3)4)24-12-10-23(7)11-13-24;/h15-18H,8-14H2,1-7H3,(H2,20,21,22);1H. The average Bonchev–Trinajstić information content (AvgIpc) is 2.53. The minimum Gasteiger partial charge on any atom is -0.355 e. The molecule has 5 nitrogen and oxygen atoms in total. The molecule has 0 aromatic rings. The Morgan fingerprint density at radius 2 is 1.60 bits per heavy atom. The van der Waals surface area contributed by atoms with Crippen LogP contribution in [-0.4, -0.2) is 74.7 Å². The van der Waals surface area contributed by atoms with Gasteiger partial charge in [0.05, 0.1) is 0 Å². The topological polar surface area (TPSA) is 42.9 Å². The van der Waals surface area contributed by atoms with E-state index in [-0.39, 0.29) is 24.0 Å². The monoisotopic (exact) mass is 467 g/mol. The van der Waals surface area contributed by atoms with Crippen LogP contribution in [0, 0.1) is 11.8 Å². The lowest BCUT2D eigenvalue weighted by atomic mass is 10.0. The van der Waals surface area contributed by atoms with Crippen LogP contribution in [0.3, 0.4) is 0 Å². The third-order valence-electron chi connectivity index (χ3n) is 5.04. The molecular weight excluding hydrogens is 425 g/mol. The minimum absolute atomic E-state index is 0. The van der Waals surface area contributed by atoms with Crippen LogP contribution in [0.1, 0.15) is 47.5 Å². The van der Waals surface area contributed by atoms with Crippen molar-refractivity contribution in [2.45, 2.75) is 59.5 Å². The van der Waals surface area contributed by atoms with Crippen LogP contribution in [0.15, 0.2) is 4.99 Å². The van der Waals surface area contributed by atoms with Crippen molar-refractivity contribution in [2.75, 3.05) is 46.8 Å². The molecule has 1 fully saturated rings. The van der Waals surface area contributed by atoms with E-state index in [9.17, 15) is 0 Å². The van der Waals surface area contributed by atoms with Gasteiger partial charge in [-0.3, -0.25) is 9.89 Å². The molecule has 0 aromatic heterocycles. The second-order valence-corrected chi connectivity index (χ2v) is 8.12. The molecule has 0 aromatic carbocycles.